The van der Waals surface area contributed by atoms with Crippen molar-refractivity contribution in [3.05, 3.63) is 35.6 Å². The highest BCUT2D eigenvalue weighted by Crippen LogP contribution is 2.25. The van der Waals surface area contributed by atoms with Crippen molar-refractivity contribution in [2.24, 2.45) is 5.92 Å². The summed E-state index contributed by atoms with van der Waals surface area (Å²) >= 11 is 0. The molecule has 0 aliphatic carbocycles. The van der Waals surface area contributed by atoms with Crippen molar-refractivity contribution in [2.75, 3.05) is 60.0 Å². The first-order valence-corrected chi connectivity index (χ1v) is 9.55. The minimum Gasteiger partial charge on any atom is -0.379 e. The van der Waals surface area contributed by atoms with Crippen molar-refractivity contribution in [1.82, 2.24) is 14.7 Å². The van der Waals surface area contributed by atoms with Gasteiger partial charge < -0.3 is 9.64 Å². The Hall–Kier alpha value is -1.50. The molecule has 0 radical (unpaired) electrons. The van der Waals surface area contributed by atoms with Gasteiger partial charge in [0, 0.05) is 32.7 Å². The zero-order chi connectivity index (χ0) is 18.5. The van der Waals surface area contributed by atoms with E-state index in [1.54, 1.807) is 12.1 Å². The number of morpholine rings is 1. The van der Waals surface area contributed by atoms with Crippen LogP contribution in [-0.4, -0.2) is 80.6 Å². The van der Waals surface area contributed by atoms with E-state index in [2.05, 4.69) is 4.90 Å². The molecular weight excluding hydrogens is 333 g/mol. The van der Waals surface area contributed by atoms with Crippen molar-refractivity contribution >= 4 is 5.91 Å². The highest BCUT2D eigenvalue weighted by Gasteiger charge is 2.31. The molecule has 0 N–H and O–H groups in total. The minimum atomic E-state index is -0.355. The maximum absolute atomic E-state index is 13.2. The molecule has 0 aromatic heterocycles. The summed E-state index contributed by atoms with van der Waals surface area (Å²) in [6.07, 6.45) is 2.10. The summed E-state index contributed by atoms with van der Waals surface area (Å²) in [7, 11) is 3.80. The van der Waals surface area contributed by atoms with E-state index in [0.717, 1.165) is 64.3 Å². The van der Waals surface area contributed by atoms with Crippen molar-refractivity contribution in [3.63, 3.8) is 0 Å². The first-order chi connectivity index (χ1) is 12.5. The molecule has 2 aliphatic rings. The maximum Gasteiger partial charge on any atom is 0.244 e. The summed E-state index contributed by atoms with van der Waals surface area (Å²) in [6, 6.07) is 5.92. The van der Waals surface area contributed by atoms with Gasteiger partial charge >= 0.3 is 0 Å². The van der Waals surface area contributed by atoms with Crippen molar-refractivity contribution in [1.29, 1.82) is 0 Å². The van der Waals surface area contributed by atoms with Crippen LogP contribution in [0.2, 0.25) is 0 Å². The largest absolute Gasteiger partial charge is 0.379 e. The first kappa shape index (κ1) is 19.3. The fraction of sp³-hybridized carbons (Fsp3) is 0.650. The van der Waals surface area contributed by atoms with E-state index in [1.807, 2.05) is 23.9 Å². The number of likely N-dealkylation sites (tertiary alicyclic amines) is 1. The van der Waals surface area contributed by atoms with Gasteiger partial charge in [-0.3, -0.25) is 14.6 Å². The SMILES string of the molecule is CN(C)[C@H](C(=O)N1CCC(CN2CCOCC2)CC1)c1ccc(F)cc1. The van der Waals surface area contributed by atoms with E-state index in [9.17, 15) is 9.18 Å². The lowest BCUT2D eigenvalue weighted by Crippen LogP contribution is -2.47. The summed E-state index contributed by atoms with van der Waals surface area (Å²) in [6.45, 7) is 6.43. The molecule has 0 bridgehead atoms. The van der Waals surface area contributed by atoms with Gasteiger partial charge in [0.15, 0.2) is 0 Å². The van der Waals surface area contributed by atoms with Crippen LogP contribution in [0, 0.1) is 11.7 Å². The molecule has 6 heteroatoms. The molecule has 2 saturated heterocycles. The Labute approximate surface area is 155 Å². The molecule has 1 aromatic carbocycles. The van der Waals surface area contributed by atoms with Crippen molar-refractivity contribution in [3.8, 4) is 0 Å². The van der Waals surface area contributed by atoms with E-state index in [4.69, 9.17) is 4.74 Å². The highest BCUT2D eigenvalue weighted by molar-refractivity contribution is 5.83. The predicted molar refractivity (Wildman–Crippen MR) is 99.4 cm³/mol. The average Bonchev–Trinajstić information content (AvgIpc) is 2.64. The smallest absolute Gasteiger partial charge is 0.244 e. The van der Waals surface area contributed by atoms with E-state index < -0.39 is 0 Å². The van der Waals surface area contributed by atoms with Crippen LogP contribution in [0.3, 0.4) is 0 Å². The van der Waals surface area contributed by atoms with Crippen LogP contribution in [0.4, 0.5) is 4.39 Å². The van der Waals surface area contributed by atoms with E-state index >= 15 is 0 Å². The van der Waals surface area contributed by atoms with Crippen LogP contribution in [0.25, 0.3) is 0 Å². The summed E-state index contributed by atoms with van der Waals surface area (Å²) in [4.78, 5) is 19.5. The van der Waals surface area contributed by atoms with Crippen LogP contribution in [-0.2, 0) is 9.53 Å². The molecule has 2 fully saturated rings. The Morgan fingerprint density at radius 1 is 1.15 bits per heavy atom. The van der Waals surface area contributed by atoms with Gasteiger partial charge in [0.05, 0.1) is 13.2 Å². The van der Waals surface area contributed by atoms with Gasteiger partial charge in [0.2, 0.25) is 5.91 Å². The Morgan fingerprint density at radius 2 is 1.77 bits per heavy atom. The molecule has 1 atom stereocenters. The van der Waals surface area contributed by atoms with E-state index in [1.165, 1.54) is 12.1 Å². The quantitative estimate of drug-likeness (QED) is 0.802. The second-order valence-electron chi connectivity index (χ2n) is 7.60. The van der Waals surface area contributed by atoms with Gasteiger partial charge in [-0.15, -0.1) is 0 Å². The molecule has 2 heterocycles. The molecule has 144 valence electrons. The van der Waals surface area contributed by atoms with E-state index in [-0.39, 0.29) is 17.8 Å². The average molecular weight is 363 g/mol. The molecule has 3 rings (SSSR count). The molecule has 2 aliphatic heterocycles. The van der Waals surface area contributed by atoms with Gasteiger partial charge in [-0.1, -0.05) is 12.1 Å². The number of carbonyl (C=O) groups is 1. The lowest BCUT2D eigenvalue weighted by molar-refractivity contribution is -0.137. The number of amides is 1. The van der Waals surface area contributed by atoms with Crippen LogP contribution in [0.5, 0.6) is 0 Å². The van der Waals surface area contributed by atoms with Gasteiger partial charge in [-0.05, 0) is 50.6 Å². The number of hydrogen-bond acceptors (Lipinski definition) is 4. The molecule has 1 amide bonds. The van der Waals surface area contributed by atoms with Gasteiger partial charge in [-0.2, -0.15) is 0 Å². The second-order valence-corrected chi connectivity index (χ2v) is 7.60. The summed E-state index contributed by atoms with van der Waals surface area (Å²) in [5.41, 5.74) is 0.844. The summed E-state index contributed by atoms with van der Waals surface area (Å²) < 4.78 is 18.6. The Morgan fingerprint density at radius 3 is 2.35 bits per heavy atom. The Balaban J connectivity index is 1.56. The number of carbonyl (C=O) groups excluding carboxylic acids is 1. The van der Waals surface area contributed by atoms with Crippen LogP contribution < -0.4 is 0 Å². The van der Waals surface area contributed by atoms with Crippen molar-refractivity contribution < 1.29 is 13.9 Å². The summed E-state index contributed by atoms with van der Waals surface area (Å²) in [5, 5.41) is 0. The molecule has 26 heavy (non-hydrogen) atoms. The molecule has 5 nitrogen and oxygen atoms in total. The third kappa shape index (κ3) is 4.81. The van der Waals surface area contributed by atoms with Crippen LogP contribution >= 0.6 is 0 Å². The monoisotopic (exact) mass is 363 g/mol. The number of nitrogens with zero attached hydrogens (tertiary/aromatic N) is 3. The fourth-order valence-corrected chi connectivity index (χ4v) is 3.96. The van der Waals surface area contributed by atoms with Gasteiger partial charge in [0.1, 0.15) is 11.9 Å². The Bertz CT molecular complexity index is 579. The van der Waals surface area contributed by atoms with Gasteiger partial charge in [0.25, 0.3) is 0 Å². The standard InChI is InChI=1S/C20H30FN3O2/c1-22(2)19(17-3-5-18(21)6-4-17)20(25)24-9-7-16(8-10-24)15-23-11-13-26-14-12-23/h3-6,16,19H,7-15H2,1-2H3/t19-/m0/s1. The summed E-state index contributed by atoms with van der Waals surface area (Å²) in [5.74, 6) is 0.495. The normalized spacial score (nSPS) is 21.2. The molecule has 0 unspecified atom stereocenters. The fourth-order valence-electron chi connectivity index (χ4n) is 3.96. The lowest BCUT2D eigenvalue weighted by atomic mass is 9.94. The molecule has 0 saturated carbocycles. The van der Waals surface area contributed by atoms with Crippen LogP contribution in [0.1, 0.15) is 24.4 Å². The predicted octanol–water partition coefficient (Wildman–Crippen LogP) is 2.00. The number of rotatable bonds is 5. The number of halogens is 1. The first-order valence-electron chi connectivity index (χ1n) is 9.55. The second kappa shape index (κ2) is 8.93. The third-order valence-electron chi connectivity index (χ3n) is 5.48. The topological polar surface area (TPSA) is 36.0 Å². The molecular formula is C20H30FN3O2. The zero-order valence-electron chi connectivity index (χ0n) is 15.9. The number of likely N-dealkylation sites (N-methyl/N-ethyl adjacent to an activating group) is 1. The zero-order valence-corrected chi connectivity index (χ0v) is 15.9. The van der Waals surface area contributed by atoms with Crippen molar-refractivity contribution in [2.45, 2.75) is 18.9 Å². The van der Waals surface area contributed by atoms with Crippen LogP contribution in [0.15, 0.2) is 24.3 Å². The number of hydrogen-bond donors (Lipinski definition) is 0. The highest BCUT2D eigenvalue weighted by atomic mass is 19.1. The van der Waals surface area contributed by atoms with E-state index in [0.29, 0.717) is 5.92 Å². The third-order valence-corrected chi connectivity index (χ3v) is 5.48. The number of piperidine rings is 1. The molecule has 0 spiro atoms. The number of benzene rings is 1. The minimum absolute atomic E-state index is 0.117. The van der Waals surface area contributed by atoms with Gasteiger partial charge in [-0.25, -0.2) is 4.39 Å². The lowest BCUT2D eigenvalue weighted by Gasteiger charge is -2.38. The number of ether oxygens (including phenoxy) is 1. The molecule has 1 aromatic rings. The Kier molecular flexibility index (Phi) is 6.62. The maximum atomic E-state index is 13.2.